The number of carbonyl (C=O) groups excluding carboxylic acids is 1. The average molecular weight is 321 g/mol. The van der Waals surface area contributed by atoms with E-state index in [1.807, 2.05) is 43.5 Å². The number of ketones is 1. The predicted octanol–water partition coefficient (Wildman–Crippen LogP) is 3.76. The molecular formula is C20H23N3O. The zero-order valence-electron chi connectivity index (χ0n) is 14.1. The molecule has 0 unspecified atom stereocenters. The second-order valence-corrected chi connectivity index (χ2v) is 7.04. The van der Waals surface area contributed by atoms with E-state index in [0.717, 1.165) is 43.1 Å². The van der Waals surface area contributed by atoms with Crippen LogP contribution in [0.5, 0.6) is 0 Å². The number of carbonyl (C=O) groups is 1. The first-order chi connectivity index (χ1) is 11.7. The molecule has 1 saturated heterocycles. The molecule has 1 aliphatic carbocycles. The molecule has 2 aliphatic rings. The summed E-state index contributed by atoms with van der Waals surface area (Å²) in [5, 5.41) is 0. The number of nitrogens with zero attached hydrogens (tertiary/aromatic N) is 3. The smallest absolute Gasteiger partial charge is 0.166 e. The summed E-state index contributed by atoms with van der Waals surface area (Å²) in [6.45, 7) is 3.83. The SMILES string of the molecule is Cc1ccc(C(=O)C2CCN(c3ccnc(C4CC4)n3)CC2)cc1. The third-order valence-electron chi connectivity index (χ3n) is 5.13. The van der Waals surface area contributed by atoms with Gasteiger partial charge in [0.1, 0.15) is 11.6 Å². The number of benzene rings is 1. The van der Waals surface area contributed by atoms with Crippen LogP contribution in [0.15, 0.2) is 36.5 Å². The van der Waals surface area contributed by atoms with Gasteiger partial charge in [-0.2, -0.15) is 0 Å². The number of anilines is 1. The highest BCUT2D eigenvalue weighted by Crippen LogP contribution is 2.38. The van der Waals surface area contributed by atoms with Crippen LogP contribution in [0, 0.1) is 12.8 Å². The Kier molecular flexibility index (Phi) is 4.05. The Morgan fingerprint density at radius 3 is 2.42 bits per heavy atom. The van der Waals surface area contributed by atoms with E-state index in [2.05, 4.69) is 9.88 Å². The largest absolute Gasteiger partial charge is 0.356 e. The van der Waals surface area contributed by atoms with Crippen molar-refractivity contribution in [2.75, 3.05) is 18.0 Å². The fraction of sp³-hybridized carbons (Fsp3) is 0.450. The number of aromatic nitrogens is 2. The lowest BCUT2D eigenvalue weighted by atomic mass is 9.88. The topological polar surface area (TPSA) is 46.1 Å². The minimum absolute atomic E-state index is 0.133. The second kappa shape index (κ2) is 6.34. The van der Waals surface area contributed by atoms with Crippen molar-refractivity contribution in [2.45, 2.75) is 38.5 Å². The van der Waals surface area contributed by atoms with Crippen LogP contribution in [-0.2, 0) is 0 Å². The molecule has 24 heavy (non-hydrogen) atoms. The minimum Gasteiger partial charge on any atom is -0.356 e. The Morgan fingerprint density at radius 2 is 1.75 bits per heavy atom. The van der Waals surface area contributed by atoms with Crippen molar-refractivity contribution in [3.63, 3.8) is 0 Å². The maximum absolute atomic E-state index is 12.7. The van der Waals surface area contributed by atoms with E-state index in [4.69, 9.17) is 4.98 Å². The van der Waals surface area contributed by atoms with Gasteiger partial charge in [-0.05, 0) is 38.7 Å². The molecule has 2 fully saturated rings. The van der Waals surface area contributed by atoms with Crippen molar-refractivity contribution in [1.82, 2.24) is 9.97 Å². The first kappa shape index (κ1) is 15.3. The van der Waals surface area contributed by atoms with E-state index in [1.165, 1.54) is 18.4 Å². The van der Waals surface area contributed by atoms with Gasteiger partial charge in [0, 0.05) is 36.7 Å². The van der Waals surface area contributed by atoms with Crippen molar-refractivity contribution < 1.29 is 4.79 Å². The second-order valence-electron chi connectivity index (χ2n) is 7.04. The van der Waals surface area contributed by atoms with Crippen LogP contribution < -0.4 is 4.90 Å². The predicted molar refractivity (Wildman–Crippen MR) is 94.5 cm³/mol. The summed E-state index contributed by atoms with van der Waals surface area (Å²) in [4.78, 5) is 24.1. The van der Waals surface area contributed by atoms with E-state index >= 15 is 0 Å². The van der Waals surface area contributed by atoms with Crippen molar-refractivity contribution in [1.29, 1.82) is 0 Å². The van der Waals surface area contributed by atoms with Crippen LogP contribution in [0.4, 0.5) is 5.82 Å². The molecule has 0 bridgehead atoms. The van der Waals surface area contributed by atoms with E-state index < -0.39 is 0 Å². The van der Waals surface area contributed by atoms with Crippen molar-refractivity contribution in [3.05, 3.63) is 53.5 Å². The molecule has 4 rings (SSSR count). The summed E-state index contributed by atoms with van der Waals surface area (Å²) < 4.78 is 0. The number of hydrogen-bond acceptors (Lipinski definition) is 4. The Bertz CT molecular complexity index is 729. The molecule has 0 amide bonds. The van der Waals surface area contributed by atoms with Gasteiger partial charge in [0.15, 0.2) is 5.78 Å². The number of hydrogen-bond donors (Lipinski definition) is 0. The summed E-state index contributed by atoms with van der Waals surface area (Å²) in [7, 11) is 0. The summed E-state index contributed by atoms with van der Waals surface area (Å²) in [5.41, 5.74) is 2.04. The number of aryl methyl sites for hydroxylation is 1. The highest BCUT2D eigenvalue weighted by Gasteiger charge is 2.29. The standard InChI is InChI=1S/C20H23N3O/c1-14-2-4-15(5-3-14)19(24)16-9-12-23(13-10-16)18-8-11-21-20(22-18)17-6-7-17/h2-5,8,11,16-17H,6-7,9-10,12-13H2,1H3. The molecule has 0 atom stereocenters. The van der Waals surface area contributed by atoms with Gasteiger partial charge in [-0.1, -0.05) is 29.8 Å². The molecule has 1 aliphatic heterocycles. The van der Waals surface area contributed by atoms with E-state index in [9.17, 15) is 4.79 Å². The van der Waals surface area contributed by atoms with Crippen LogP contribution in [-0.4, -0.2) is 28.8 Å². The van der Waals surface area contributed by atoms with E-state index in [-0.39, 0.29) is 11.7 Å². The van der Waals surface area contributed by atoms with Crippen LogP contribution in [0.2, 0.25) is 0 Å². The lowest BCUT2D eigenvalue weighted by Crippen LogP contribution is -2.37. The summed E-state index contributed by atoms with van der Waals surface area (Å²) in [6, 6.07) is 9.94. The van der Waals surface area contributed by atoms with Crippen molar-refractivity contribution in [3.8, 4) is 0 Å². The van der Waals surface area contributed by atoms with Crippen molar-refractivity contribution >= 4 is 11.6 Å². The normalized spacial score (nSPS) is 18.6. The van der Waals surface area contributed by atoms with Gasteiger partial charge < -0.3 is 4.90 Å². The van der Waals surface area contributed by atoms with Crippen LogP contribution in [0.1, 0.15) is 53.3 Å². The number of piperidine rings is 1. The van der Waals surface area contributed by atoms with Gasteiger partial charge in [0.05, 0.1) is 0 Å². The Hall–Kier alpha value is -2.23. The molecule has 0 radical (unpaired) electrons. The molecule has 0 spiro atoms. The van der Waals surface area contributed by atoms with Gasteiger partial charge in [-0.3, -0.25) is 4.79 Å². The summed E-state index contributed by atoms with van der Waals surface area (Å²) in [6.07, 6.45) is 6.11. The van der Waals surface area contributed by atoms with Gasteiger partial charge in [-0.25, -0.2) is 9.97 Å². The third kappa shape index (κ3) is 3.18. The molecule has 1 saturated carbocycles. The maximum atomic E-state index is 12.7. The molecule has 124 valence electrons. The van der Waals surface area contributed by atoms with Crippen LogP contribution >= 0.6 is 0 Å². The lowest BCUT2D eigenvalue weighted by Gasteiger charge is -2.32. The zero-order valence-corrected chi connectivity index (χ0v) is 14.1. The zero-order chi connectivity index (χ0) is 16.5. The highest BCUT2D eigenvalue weighted by molar-refractivity contribution is 5.98. The third-order valence-corrected chi connectivity index (χ3v) is 5.13. The molecule has 2 heterocycles. The molecular weight excluding hydrogens is 298 g/mol. The summed E-state index contributed by atoms with van der Waals surface area (Å²) >= 11 is 0. The Labute approximate surface area is 142 Å². The summed E-state index contributed by atoms with van der Waals surface area (Å²) in [5.74, 6) is 3.01. The quantitative estimate of drug-likeness (QED) is 0.804. The van der Waals surface area contributed by atoms with Crippen molar-refractivity contribution in [2.24, 2.45) is 5.92 Å². The molecule has 2 aromatic rings. The minimum atomic E-state index is 0.133. The molecule has 0 N–H and O–H groups in total. The molecule has 4 heteroatoms. The van der Waals surface area contributed by atoms with E-state index in [0.29, 0.717) is 5.92 Å². The Balaban J connectivity index is 1.40. The average Bonchev–Trinajstić information content (AvgIpc) is 3.47. The monoisotopic (exact) mass is 321 g/mol. The molecule has 1 aromatic carbocycles. The lowest BCUT2D eigenvalue weighted by molar-refractivity contribution is 0.0900. The fourth-order valence-electron chi connectivity index (χ4n) is 3.40. The maximum Gasteiger partial charge on any atom is 0.166 e. The first-order valence-electron chi connectivity index (χ1n) is 8.89. The Morgan fingerprint density at radius 1 is 1.04 bits per heavy atom. The molecule has 4 nitrogen and oxygen atoms in total. The first-order valence-corrected chi connectivity index (χ1v) is 8.89. The van der Waals surface area contributed by atoms with Crippen LogP contribution in [0.25, 0.3) is 0 Å². The fourth-order valence-corrected chi connectivity index (χ4v) is 3.40. The number of rotatable bonds is 4. The van der Waals surface area contributed by atoms with E-state index in [1.54, 1.807) is 0 Å². The van der Waals surface area contributed by atoms with Gasteiger partial charge >= 0.3 is 0 Å². The number of Topliss-reactive ketones (excluding diaryl/α,β-unsaturated/α-hetero) is 1. The highest BCUT2D eigenvalue weighted by atomic mass is 16.1. The van der Waals surface area contributed by atoms with Crippen LogP contribution in [0.3, 0.4) is 0 Å². The van der Waals surface area contributed by atoms with Gasteiger partial charge in [0.25, 0.3) is 0 Å². The van der Waals surface area contributed by atoms with Gasteiger partial charge in [0.2, 0.25) is 0 Å². The van der Waals surface area contributed by atoms with Gasteiger partial charge in [-0.15, -0.1) is 0 Å². The molecule has 1 aromatic heterocycles.